The minimum atomic E-state index is -3.28. The van der Waals surface area contributed by atoms with E-state index in [1.54, 1.807) is 21.0 Å². The molecule has 1 aromatic carbocycles. The van der Waals surface area contributed by atoms with Crippen LogP contribution in [0.2, 0.25) is 0 Å². The molecule has 19 heavy (non-hydrogen) atoms. The maximum absolute atomic E-state index is 11.9. The van der Waals surface area contributed by atoms with Crippen molar-refractivity contribution in [3.63, 3.8) is 0 Å². The summed E-state index contributed by atoms with van der Waals surface area (Å²) < 4.78 is 28.2. The second kappa shape index (κ2) is 5.13. The lowest BCUT2D eigenvalue weighted by molar-refractivity contribution is 0.397. The minimum Gasteiger partial charge on any atom is -0.496 e. The van der Waals surface area contributed by atoms with Crippen LogP contribution < -0.4 is 10.5 Å². The molecule has 2 N–H and O–H groups in total. The molecular weight excluding hydrogens is 262 g/mol. The third-order valence-electron chi connectivity index (χ3n) is 3.73. The first-order valence-corrected chi connectivity index (χ1v) is 8.01. The molecule has 0 spiro atoms. The third-order valence-corrected chi connectivity index (χ3v) is 5.89. The van der Waals surface area contributed by atoms with Crippen LogP contribution in [0.4, 0.5) is 0 Å². The van der Waals surface area contributed by atoms with E-state index in [9.17, 15) is 8.42 Å². The highest BCUT2D eigenvalue weighted by atomic mass is 32.2. The summed E-state index contributed by atoms with van der Waals surface area (Å²) >= 11 is 0. The van der Waals surface area contributed by atoms with E-state index in [4.69, 9.17) is 10.5 Å². The van der Waals surface area contributed by atoms with Gasteiger partial charge in [0.25, 0.3) is 0 Å². The van der Waals surface area contributed by atoms with E-state index in [0.29, 0.717) is 5.75 Å². The van der Waals surface area contributed by atoms with Crippen LogP contribution in [0.25, 0.3) is 0 Å². The van der Waals surface area contributed by atoms with Crippen molar-refractivity contribution < 1.29 is 13.2 Å². The summed E-state index contributed by atoms with van der Waals surface area (Å²) in [5, 5.41) is 0. The summed E-state index contributed by atoms with van der Waals surface area (Å²) in [5.74, 6) is 0.640. The maximum atomic E-state index is 11.9. The maximum Gasteiger partial charge on any atom is 0.154 e. The van der Waals surface area contributed by atoms with Crippen LogP contribution in [0.1, 0.15) is 36.6 Å². The van der Waals surface area contributed by atoms with Crippen molar-refractivity contribution in [3.8, 4) is 5.75 Å². The first-order valence-electron chi connectivity index (χ1n) is 6.12. The SMILES string of the molecule is COc1cc(C)cc(C)c1C(N)C(C)(C)S(C)(=O)=O. The fraction of sp³-hybridized carbons (Fsp3) is 0.571. The molecule has 1 rings (SSSR count). The predicted molar refractivity (Wildman–Crippen MR) is 78.3 cm³/mol. The first-order chi connectivity index (χ1) is 8.52. The Morgan fingerprint density at radius 1 is 1.26 bits per heavy atom. The molecule has 0 fully saturated rings. The number of rotatable bonds is 4. The Bertz CT molecular complexity index is 577. The van der Waals surface area contributed by atoms with Crippen molar-refractivity contribution in [1.82, 2.24) is 0 Å². The molecule has 1 aromatic rings. The van der Waals surface area contributed by atoms with Crippen molar-refractivity contribution in [2.24, 2.45) is 5.73 Å². The van der Waals surface area contributed by atoms with Crippen molar-refractivity contribution >= 4 is 9.84 Å². The van der Waals surface area contributed by atoms with Gasteiger partial charge in [-0.3, -0.25) is 0 Å². The molecule has 0 bridgehead atoms. The molecular formula is C14H23NO3S. The molecule has 0 aliphatic carbocycles. The van der Waals surface area contributed by atoms with Gasteiger partial charge in [0.2, 0.25) is 0 Å². The van der Waals surface area contributed by atoms with Crippen molar-refractivity contribution in [3.05, 3.63) is 28.8 Å². The topological polar surface area (TPSA) is 69.4 Å². The number of ether oxygens (including phenoxy) is 1. The Kier molecular flexibility index (Phi) is 4.32. The highest BCUT2D eigenvalue weighted by Gasteiger charge is 2.39. The van der Waals surface area contributed by atoms with Gasteiger partial charge in [0, 0.05) is 11.8 Å². The van der Waals surface area contributed by atoms with Gasteiger partial charge < -0.3 is 10.5 Å². The molecule has 108 valence electrons. The second-order valence-electron chi connectivity index (χ2n) is 5.55. The first kappa shape index (κ1) is 16.0. The van der Waals surface area contributed by atoms with Gasteiger partial charge in [0.15, 0.2) is 9.84 Å². The van der Waals surface area contributed by atoms with E-state index in [0.717, 1.165) is 16.7 Å². The molecule has 0 saturated carbocycles. The largest absolute Gasteiger partial charge is 0.496 e. The summed E-state index contributed by atoms with van der Waals surface area (Å²) in [6.45, 7) is 7.17. The summed E-state index contributed by atoms with van der Waals surface area (Å²) in [4.78, 5) is 0. The quantitative estimate of drug-likeness (QED) is 0.920. The molecule has 0 heterocycles. The average Bonchev–Trinajstić information content (AvgIpc) is 2.25. The van der Waals surface area contributed by atoms with E-state index in [2.05, 4.69) is 0 Å². The Balaban J connectivity index is 3.47. The summed E-state index contributed by atoms with van der Waals surface area (Å²) in [5.41, 5.74) is 8.98. The number of hydrogen-bond donors (Lipinski definition) is 1. The van der Waals surface area contributed by atoms with Crippen LogP contribution in [0.5, 0.6) is 5.75 Å². The molecule has 0 saturated heterocycles. The van der Waals surface area contributed by atoms with E-state index in [1.807, 2.05) is 26.0 Å². The number of hydrogen-bond acceptors (Lipinski definition) is 4. The number of nitrogens with two attached hydrogens (primary N) is 1. The smallest absolute Gasteiger partial charge is 0.154 e. The molecule has 0 aliphatic heterocycles. The predicted octanol–water partition coefficient (Wildman–Crippen LogP) is 2.14. The van der Waals surface area contributed by atoms with Crippen molar-refractivity contribution in [2.45, 2.75) is 38.5 Å². The monoisotopic (exact) mass is 285 g/mol. The number of benzene rings is 1. The van der Waals surface area contributed by atoms with Crippen LogP contribution in [0, 0.1) is 13.8 Å². The van der Waals surface area contributed by atoms with Crippen molar-refractivity contribution in [1.29, 1.82) is 0 Å². The number of methoxy groups -OCH3 is 1. The standard InChI is InChI=1S/C14H23NO3S/c1-9-7-10(2)12(11(8-9)18-5)13(15)14(3,4)19(6,16)17/h7-8,13H,15H2,1-6H3. The fourth-order valence-corrected chi connectivity index (χ4v) is 2.66. The van der Waals surface area contributed by atoms with Crippen LogP contribution >= 0.6 is 0 Å². The summed E-state index contributed by atoms with van der Waals surface area (Å²) in [6, 6.07) is 3.22. The molecule has 5 heteroatoms. The average molecular weight is 285 g/mol. The zero-order valence-electron chi connectivity index (χ0n) is 12.4. The van der Waals surface area contributed by atoms with Gasteiger partial charge in [0.1, 0.15) is 5.75 Å². The number of sulfone groups is 1. The van der Waals surface area contributed by atoms with E-state index < -0.39 is 20.6 Å². The molecule has 1 unspecified atom stereocenters. The van der Waals surface area contributed by atoms with Crippen LogP contribution in [-0.4, -0.2) is 26.5 Å². The van der Waals surface area contributed by atoms with E-state index >= 15 is 0 Å². The molecule has 0 radical (unpaired) electrons. The summed E-state index contributed by atoms with van der Waals surface area (Å²) in [6.07, 6.45) is 1.21. The molecule has 0 aromatic heterocycles. The van der Waals surface area contributed by atoms with Crippen LogP contribution in [0.15, 0.2) is 12.1 Å². The van der Waals surface area contributed by atoms with Gasteiger partial charge in [0.05, 0.1) is 17.9 Å². The zero-order valence-corrected chi connectivity index (χ0v) is 13.3. The van der Waals surface area contributed by atoms with Crippen LogP contribution in [0.3, 0.4) is 0 Å². The highest BCUT2D eigenvalue weighted by molar-refractivity contribution is 7.92. The van der Waals surface area contributed by atoms with Gasteiger partial charge in [-0.2, -0.15) is 0 Å². The van der Waals surface area contributed by atoms with Crippen LogP contribution in [-0.2, 0) is 9.84 Å². The lowest BCUT2D eigenvalue weighted by Gasteiger charge is -2.32. The van der Waals surface area contributed by atoms with Gasteiger partial charge in [-0.25, -0.2) is 8.42 Å². The highest BCUT2D eigenvalue weighted by Crippen LogP contribution is 2.37. The molecule has 0 amide bonds. The number of aryl methyl sites for hydroxylation is 2. The lowest BCUT2D eigenvalue weighted by Crippen LogP contribution is -2.42. The Hall–Kier alpha value is -1.07. The zero-order chi connectivity index (χ0) is 15.0. The second-order valence-corrected chi connectivity index (χ2v) is 8.15. The Labute approximate surface area is 115 Å². The molecule has 1 atom stereocenters. The van der Waals surface area contributed by atoms with Crippen molar-refractivity contribution in [2.75, 3.05) is 13.4 Å². The van der Waals surface area contributed by atoms with E-state index in [-0.39, 0.29) is 0 Å². The van der Waals surface area contributed by atoms with Gasteiger partial charge in [-0.15, -0.1) is 0 Å². The van der Waals surface area contributed by atoms with Gasteiger partial charge in [-0.1, -0.05) is 6.07 Å². The normalized spacial score (nSPS) is 14.3. The fourth-order valence-electron chi connectivity index (χ4n) is 2.09. The Morgan fingerprint density at radius 2 is 1.79 bits per heavy atom. The molecule has 4 nitrogen and oxygen atoms in total. The lowest BCUT2D eigenvalue weighted by atomic mass is 9.91. The molecule has 0 aliphatic rings. The van der Waals surface area contributed by atoms with Gasteiger partial charge in [-0.05, 0) is 44.9 Å². The Morgan fingerprint density at radius 3 is 2.21 bits per heavy atom. The summed E-state index contributed by atoms with van der Waals surface area (Å²) in [7, 11) is -1.71. The third kappa shape index (κ3) is 2.92. The van der Waals surface area contributed by atoms with Gasteiger partial charge >= 0.3 is 0 Å². The minimum absolute atomic E-state index is 0.640. The van der Waals surface area contributed by atoms with E-state index in [1.165, 1.54) is 6.26 Å².